The Morgan fingerprint density at radius 1 is 1.07 bits per heavy atom. The molecule has 0 amide bonds. The van der Waals surface area contributed by atoms with E-state index in [0.717, 1.165) is 29.6 Å². The lowest BCUT2D eigenvalue weighted by atomic mass is 9.48. The molecule has 0 radical (unpaired) electrons. The number of hydrogen-bond acceptors (Lipinski definition) is 0. The highest BCUT2D eigenvalue weighted by atomic mass is 14.6. The van der Waals surface area contributed by atoms with Gasteiger partial charge in [0.05, 0.1) is 0 Å². The molecule has 0 nitrogen and oxygen atoms in total. The van der Waals surface area contributed by atoms with Crippen LogP contribution in [0.1, 0.15) is 125 Å². The maximum atomic E-state index is 2.71. The minimum atomic E-state index is 0.556. The topological polar surface area (TPSA) is 0 Å². The Kier molecular flexibility index (Phi) is 6.64. The van der Waals surface area contributed by atoms with Crippen molar-refractivity contribution in [2.45, 2.75) is 125 Å². The largest absolute Gasteiger partial charge is 0.0859 e. The molecule has 7 atom stereocenters. The van der Waals surface area contributed by atoms with Gasteiger partial charge in [-0.1, -0.05) is 76.2 Å². The van der Waals surface area contributed by atoms with Gasteiger partial charge in [0.15, 0.2) is 0 Å². The molecule has 0 spiro atoms. The molecule has 0 aliphatic heterocycles. The summed E-state index contributed by atoms with van der Waals surface area (Å²) < 4.78 is 0. The number of fused-ring (bicyclic) bond motifs is 4. The lowest BCUT2D eigenvalue weighted by Crippen LogP contribution is -2.46. The summed E-state index contributed by atoms with van der Waals surface area (Å²) in [6.45, 7) is 14.9. The normalized spacial score (nSPS) is 41.7. The van der Waals surface area contributed by atoms with Gasteiger partial charge in [-0.25, -0.2) is 0 Å². The number of rotatable bonds is 6. The molecule has 0 heterocycles. The van der Waals surface area contributed by atoms with E-state index in [1.807, 2.05) is 11.1 Å². The van der Waals surface area contributed by atoms with Crippen LogP contribution in [0.5, 0.6) is 0 Å². The second kappa shape index (κ2) is 8.78. The Bertz CT molecular complexity index is 674. The molecule has 2 fully saturated rings. The van der Waals surface area contributed by atoms with Crippen LogP contribution in [-0.4, -0.2) is 0 Å². The van der Waals surface area contributed by atoms with Gasteiger partial charge in [-0.15, -0.1) is 0 Å². The predicted octanol–water partition coefficient (Wildman–Crippen LogP) is 9.51. The predicted molar refractivity (Wildman–Crippen MR) is 131 cm³/mol. The number of allylic oxidation sites excluding steroid dienone is 4. The fourth-order valence-corrected chi connectivity index (χ4v) is 9.30. The van der Waals surface area contributed by atoms with Gasteiger partial charge < -0.3 is 0 Å². The van der Waals surface area contributed by atoms with E-state index in [9.17, 15) is 0 Å². The molecule has 4 aliphatic carbocycles. The van der Waals surface area contributed by atoms with E-state index >= 15 is 0 Å². The third kappa shape index (κ3) is 3.77. The van der Waals surface area contributed by atoms with E-state index in [4.69, 9.17) is 0 Å². The van der Waals surface area contributed by atoms with Crippen molar-refractivity contribution >= 4 is 0 Å². The summed E-state index contributed by atoms with van der Waals surface area (Å²) >= 11 is 0. The quantitative estimate of drug-likeness (QED) is 0.382. The first-order valence-corrected chi connectivity index (χ1v) is 13.7. The van der Waals surface area contributed by atoms with Crippen molar-refractivity contribution < 1.29 is 0 Å². The van der Waals surface area contributed by atoms with Gasteiger partial charge >= 0.3 is 0 Å². The molecule has 2 unspecified atom stereocenters. The van der Waals surface area contributed by atoms with E-state index in [-0.39, 0.29) is 0 Å². The summed E-state index contributed by atoms with van der Waals surface area (Å²) in [7, 11) is 0. The fraction of sp³-hybridized carbons (Fsp3) is 0.867. The van der Waals surface area contributed by atoms with Crippen LogP contribution in [0.25, 0.3) is 0 Å². The van der Waals surface area contributed by atoms with E-state index in [0.29, 0.717) is 10.8 Å². The molecule has 0 saturated heterocycles. The molecule has 0 aromatic rings. The van der Waals surface area contributed by atoms with Crippen LogP contribution in [0.4, 0.5) is 0 Å². The van der Waals surface area contributed by atoms with Gasteiger partial charge in [0.1, 0.15) is 0 Å². The van der Waals surface area contributed by atoms with E-state index in [1.54, 1.807) is 0 Å². The summed E-state index contributed by atoms with van der Waals surface area (Å²) in [5.74, 6) is 4.76. The first kappa shape index (κ1) is 22.7. The maximum absolute atomic E-state index is 2.71. The Morgan fingerprint density at radius 2 is 1.87 bits per heavy atom. The third-order valence-electron chi connectivity index (χ3n) is 10.7. The standard InChI is InChI=1S/C30H50/c1-7-10-23-13-9-19-29(5)26(23)15-14-24-27-17-16-25(22(4)12-8-11-21(2)3)30(27,6)20-18-28(24)29/h11,22-23,25-27H,7-10,12-20H2,1-6H3/t22-,23?,25-,26?,27+,29+,30-/m1/s1. The highest BCUT2D eigenvalue weighted by Gasteiger charge is 2.56. The van der Waals surface area contributed by atoms with E-state index < -0.39 is 0 Å². The summed E-state index contributed by atoms with van der Waals surface area (Å²) in [4.78, 5) is 0. The van der Waals surface area contributed by atoms with Crippen LogP contribution in [0.2, 0.25) is 0 Å². The zero-order valence-corrected chi connectivity index (χ0v) is 21.2. The van der Waals surface area contributed by atoms with Crippen LogP contribution >= 0.6 is 0 Å². The second-order valence-electron chi connectivity index (χ2n) is 12.6. The van der Waals surface area contributed by atoms with E-state index in [1.165, 1.54) is 89.0 Å². The van der Waals surface area contributed by atoms with Crippen molar-refractivity contribution in [3.05, 3.63) is 22.8 Å². The Balaban J connectivity index is 1.55. The average Bonchev–Trinajstić information content (AvgIpc) is 3.05. The molecule has 30 heavy (non-hydrogen) atoms. The van der Waals surface area contributed by atoms with Crippen molar-refractivity contribution in [3.8, 4) is 0 Å². The minimum absolute atomic E-state index is 0.556. The molecule has 0 heteroatoms. The van der Waals surface area contributed by atoms with Crippen LogP contribution in [-0.2, 0) is 0 Å². The van der Waals surface area contributed by atoms with Gasteiger partial charge in [0.2, 0.25) is 0 Å². The molecule has 4 aliphatic rings. The van der Waals surface area contributed by atoms with Crippen LogP contribution < -0.4 is 0 Å². The summed E-state index contributed by atoms with van der Waals surface area (Å²) in [6.07, 6.45) is 21.4. The zero-order valence-electron chi connectivity index (χ0n) is 21.2. The monoisotopic (exact) mass is 410 g/mol. The molecule has 4 rings (SSSR count). The minimum Gasteiger partial charge on any atom is -0.0859 e. The van der Waals surface area contributed by atoms with Crippen LogP contribution in [0.3, 0.4) is 0 Å². The Morgan fingerprint density at radius 3 is 2.60 bits per heavy atom. The molecule has 0 N–H and O–H groups in total. The lowest BCUT2D eigenvalue weighted by Gasteiger charge is -2.56. The van der Waals surface area contributed by atoms with Crippen molar-refractivity contribution in [2.24, 2.45) is 40.4 Å². The second-order valence-corrected chi connectivity index (χ2v) is 12.6. The molecule has 0 aromatic heterocycles. The Labute approximate surface area is 188 Å². The van der Waals surface area contributed by atoms with Crippen molar-refractivity contribution in [1.82, 2.24) is 0 Å². The molecule has 0 bridgehead atoms. The smallest absolute Gasteiger partial charge is 0.00826 e. The van der Waals surface area contributed by atoms with Gasteiger partial charge in [0.25, 0.3) is 0 Å². The molecular weight excluding hydrogens is 360 g/mol. The zero-order chi connectivity index (χ0) is 21.5. The van der Waals surface area contributed by atoms with Gasteiger partial charge in [-0.05, 0) is 112 Å². The average molecular weight is 411 g/mol. The van der Waals surface area contributed by atoms with E-state index in [2.05, 4.69) is 47.6 Å². The summed E-state index contributed by atoms with van der Waals surface area (Å²) in [6, 6.07) is 0. The molecule has 0 aromatic carbocycles. The molecular formula is C30H50. The van der Waals surface area contributed by atoms with Crippen molar-refractivity contribution in [3.63, 3.8) is 0 Å². The Hall–Kier alpha value is -0.520. The maximum Gasteiger partial charge on any atom is -0.00826 e. The number of hydrogen-bond donors (Lipinski definition) is 0. The summed E-state index contributed by atoms with van der Waals surface area (Å²) in [5, 5.41) is 0. The van der Waals surface area contributed by atoms with Gasteiger partial charge in [0, 0.05) is 0 Å². The van der Waals surface area contributed by atoms with Gasteiger partial charge in [-0.2, -0.15) is 0 Å². The van der Waals surface area contributed by atoms with Crippen LogP contribution in [0, 0.1) is 40.4 Å². The molecule has 170 valence electrons. The fourth-order valence-electron chi connectivity index (χ4n) is 9.30. The first-order valence-electron chi connectivity index (χ1n) is 13.7. The van der Waals surface area contributed by atoms with Crippen molar-refractivity contribution in [2.75, 3.05) is 0 Å². The third-order valence-corrected chi connectivity index (χ3v) is 10.7. The molecule has 2 saturated carbocycles. The highest BCUT2D eigenvalue weighted by molar-refractivity contribution is 5.34. The first-order chi connectivity index (χ1) is 14.3. The SMILES string of the molecule is CCCC1CCC[C@]2(C)C3=C(CCC12)[C@@H]1CC[C@H]([C@H](C)CCC=C(C)C)[C@@]1(C)CC3. The summed E-state index contributed by atoms with van der Waals surface area (Å²) in [5.41, 5.74) is 6.63. The van der Waals surface area contributed by atoms with Crippen LogP contribution in [0.15, 0.2) is 22.8 Å². The van der Waals surface area contributed by atoms with Gasteiger partial charge in [-0.3, -0.25) is 0 Å². The lowest BCUT2D eigenvalue weighted by molar-refractivity contribution is 0.0355. The van der Waals surface area contributed by atoms with Crippen molar-refractivity contribution in [1.29, 1.82) is 0 Å². The highest BCUT2D eigenvalue weighted by Crippen LogP contribution is 2.66.